The van der Waals surface area contributed by atoms with Crippen LogP contribution in [-0.2, 0) is 0 Å². The number of thioether (sulfide) groups is 1. The maximum absolute atomic E-state index is 8.76. The van der Waals surface area contributed by atoms with E-state index >= 15 is 0 Å². The van der Waals surface area contributed by atoms with Crippen LogP contribution in [-0.4, -0.2) is 22.5 Å². The summed E-state index contributed by atoms with van der Waals surface area (Å²) in [6, 6.07) is 0. The number of nitrogen functional groups attached to an aromatic ring is 1. The molecule has 68 valence electrons. The summed E-state index contributed by atoms with van der Waals surface area (Å²) in [6.07, 6.45) is 1.66. The van der Waals surface area contributed by atoms with Crippen molar-refractivity contribution in [3.05, 3.63) is 6.20 Å². The second kappa shape index (κ2) is 4.69. The second-order valence-corrected chi connectivity index (χ2v) is 4.96. The Kier molecular flexibility index (Phi) is 3.84. The number of hydrogen-bond acceptors (Lipinski definition) is 5. The zero-order valence-electron chi connectivity index (χ0n) is 6.86. The minimum atomic E-state index is 0.230. The Morgan fingerprint density at radius 1 is 1.83 bits per heavy atom. The van der Waals surface area contributed by atoms with Gasteiger partial charge in [-0.3, -0.25) is 0 Å². The topological polar surface area (TPSA) is 59.1 Å². The molecule has 0 aliphatic rings. The minimum Gasteiger partial charge on any atom is -0.396 e. The minimum absolute atomic E-state index is 0.230. The molecule has 5 heteroatoms. The van der Waals surface area contributed by atoms with Crippen molar-refractivity contribution in [1.29, 1.82) is 0 Å². The fourth-order valence-corrected chi connectivity index (χ4v) is 2.40. The van der Waals surface area contributed by atoms with Crippen molar-refractivity contribution in [2.75, 3.05) is 18.1 Å². The maximum atomic E-state index is 8.76. The predicted octanol–water partition coefficient (Wildman–Crippen LogP) is 1.45. The Morgan fingerprint density at radius 2 is 2.58 bits per heavy atom. The molecule has 0 saturated carbocycles. The number of hydrogen-bond donors (Lipinski definition) is 2. The third kappa shape index (κ3) is 3.00. The van der Waals surface area contributed by atoms with E-state index in [4.69, 9.17) is 10.8 Å². The number of aliphatic hydroxyl groups excluding tert-OH is 1. The van der Waals surface area contributed by atoms with Crippen LogP contribution in [0.25, 0.3) is 0 Å². The van der Waals surface area contributed by atoms with Crippen LogP contribution in [0, 0.1) is 5.92 Å². The fraction of sp³-hybridized carbons (Fsp3) is 0.571. The Morgan fingerprint density at radius 3 is 3.08 bits per heavy atom. The van der Waals surface area contributed by atoms with Crippen LogP contribution in [0.3, 0.4) is 0 Å². The van der Waals surface area contributed by atoms with Gasteiger partial charge >= 0.3 is 0 Å². The monoisotopic (exact) mass is 204 g/mol. The molecule has 0 aliphatic carbocycles. The lowest BCUT2D eigenvalue weighted by molar-refractivity contribution is 0.250. The number of nitrogens with zero attached hydrogens (tertiary/aromatic N) is 1. The maximum Gasteiger partial charge on any atom is 0.151 e. The van der Waals surface area contributed by atoms with E-state index in [9.17, 15) is 0 Å². The van der Waals surface area contributed by atoms with Crippen molar-refractivity contribution in [3.63, 3.8) is 0 Å². The van der Waals surface area contributed by atoms with Gasteiger partial charge in [-0.25, -0.2) is 4.98 Å². The molecule has 1 unspecified atom stereocenters. The SMILES string of the molecule is CC(CO)CSc1ncc(N)s1. The summed E-state index contributed by atoms with van der Waals surface area (Å²) >= 11 is 3.13. The van der Waals surface area contributed by atoms with Crippen LogP contribution < -0.4 is 5.73 Å². The molecule has 0 saturated heterocycles. The summed E-state index contributed by atoms with van der Waals surface area (Å²) < 4.78 is 0.979. The third-order valence-electron chi connectivity index (χ3n) is 1.31. The normalized spacial score (nSPS) is 13.2. The molecule has 0 aliphatic heterocycles. The van der Waals surface area contributed by atoms with Crippen LogP contribution in [0.2, 0.25) is 0 Å². The first-order valence-corrected chi connectivity index (χ1v) is 5.47. The average Bonchev–Trinajstić information content (AvgIpc) is 2.47. The lowest BCUT2D eigenvalue weighted by Crippen LogP contribution is -2.02. The summed E-state index contributed by atoms with van der Waals surface area (Å²) in [5.74, 6) is 1.21. The van der Waals surface area contributed by atoms with E-state index in [1.807, 2.05) is 6.92 Å². The molecule has 1 aromatic heterocycles. The molecule has 0 bridgehead atoms. The third-order valence-corrected chi connectivity index (χ3v) is 3.62. The number of nitrogens with two attached hydrogens (primary N) is 1. The van der Waals surface area contributed by atoms with Crippen molar-refractivity contribution in [2.24, 2.45) is 5.92 Å². The van der Waals surface area contributed by atoms with Crippen molar-refractivity contribution in [1.82, 2.24) is 4.98 Å². The molecule has 0 amide bonds. The summed E-state index contributed by atoms with van der Waals surface area (Å²) in [7, 11) is 0. The van der Waals surface area contributed by atoms with Gasteiger partial charge in [0, 0.05) is 12.4 Å². The number of aliphatic hydroxyl groups is 1. The number of anilines is 1. The van der Waals surface area contributed by atoms with Gasteiger partial charge in [0.15, 0.2) is 4.34 Å². The Labute approximate surface area is 80.0 Å². The standard InChI is InChI=1S/C7H12N2OS2/c1-5(3-10)4-11-7-9-2-6(8)12-7/h2,5,10H,3-4,8H2,1H3. The second-order valence-electron chi connectivity index (χ2n) is 2.63. The molecule has 1 aromatic rings. The van der Waals surface area contributed by atoms with Gasteiger partial charge in [0.05, 0.1) is 6.20 Å². The molecule has 0 radical (unpaired) electrons. The van der Waals surface area contributed by atoms with Crippen LogP contribution in [0.1, 0.15) is 6.92 Å². The van der Waals surface area contributed by atoms with Gasteiger partial charge < -0.3 is 10.8 Å². The van der Waals surface area contributed by atoms with Gasteiger partial charge in [0.1, 0.15) is 5.00 Å². The Bertz CT molecular complexity index is 239. The van der Waals surface area contributed by atoms with E-state index < -0.39 is 0 Å². The van der Waals surface area contributed by atoms with E-state index in [0.717, 1.165) is 15.1 Å². The molecule has 3 nitrogen and oxygen atoms in total. The highest BCUT2D eigenvalue weighted by Gasteiger charge is 2.03. The largest absolute Gasteiger partial charge is 0.396 e. The lowest BCUT2D eigenvalue weighted by atomic mass is 10.2. The van der Waals surface area contributed by atoms with Crippen LogP contribution in [0.5, 0.6) is 0 Å². The Hall–Kier alpha value is -0.260. The number of rotatable bonds is 4. The molecule has 0 spiro atoms. The van der Waals surface area contributed by atoms with Gasteiger partial charge in [-0.2, -0.15) is 0 Å². The van der Waals surface area contributed by atoms with Crippen LogP contribution in [0.4, 0.5) is 5.00 Å². The van der Waals surface area contributed by atoms with Gasteiger partial charge in [0.2, 0.25) is 0 Å². The predicted molar refractivity (Wildman–Crippen MR) is 53.5 cm³/mol. The molecular weight excluding hydrogens is 192 g/mol. The first kappa shape index (κ1) is 9.83. The zero-order valence-corrected chi connectivity index (χ0v) is 8.49. The number of aromatic nitrogens is 1. The molecule has 1 rings (SSSR count). The average molecular weight is 204 g/mol. The first-order chi connectivity index (χ1) is 5.72. The van der Waals surface area contributed by atoms with Crippen molar-refractivity contribution >= 4 is 28.1 Å². The number of thiazole rings is 1. The highest BCUT2D eigenvalue weighted by molar-refractivity contribution is 8.01. The van der Waals surface area contributed by atoms with E-state index in [2.05, 4.69) is 4.98 Å². The lowest BCUT2D eigenvalue weighted by Gasteiger charge is -2.03. The van der Waals surface area contributed by atoms with Crippen LogP contribution >= 0.6 is 23.1 Å². The van der Waals surface area contributed by atoms with Gasteiger partial charge in [-0.1, -0.05) is 30.0 Å². The van der Waals surface area contributed by atoms with Gasteiger partial charge in [-0.15, -0.1) is 0 Å². The van der Waals surface area contributed by atoms with Crippen LogP contribution in [0.15, 0.2) is 10.5 Å². The van der Waals surface area contributed by atoms with Crippen molar-refractivity contribution in [2.45, 2.75) is 11.3 Å². The zero-order chi connectivity index (χ0) is 8.97. The molecule has 3 N–H and O–H groups in total. The van der Waals surface area contributed by atoms with E-state index in [1.54, 1.807) is 18.0 Å². The quantitative estimate of drug-likeness (QED) is 0.729. The molecule has 0 fully saturated rings. The summed E-state index contributed by atoms with van der Waals surface area (Å²) in [5, 5.41) is 9.51. The van der Waals surface area contributed by atoms with Gasteiger partial charge in [-0.05, 0) is 5.92 Å². The molecule has 1 heterocycles. The molecule has 1 atom stereocenters. The first-order valence-electron chi connectivity index (χ1n) is 3.67. The van der Waals surface area contributed by atoms with E-state index in [1.165, 1.54) is 11.3 Å². The highest BCUT2D eigenvalue weighted by atomic mass is 32.2. The van der Waals surface area contributed by atoms with Crippen molar-refractivity contribution < 1.29 is 5.11 Å². The van der Waals surface area contributed by atoms with Gasteiger partial charge in [0.25, 0.3) is 0 Å². The molecule has 12 heavy (non-hydrogen) atoms. The molecular formula is C7H12N2OS2. The smallest absolute Gasteiger partial charge is 0.151 e. The van der Waals surface area contributed by atoms with Crippen molar-refractivity contribution in [3.8, 4) is 0 Å². The summed E-state index contributed by atoms with van der Waals surface area (Å²) in [6.45, 7) is 2.23. The summed E-state index contributed by atoms with van der Waals surface area (Å²) in [5.41, 5.74) is 5.51. The van der Waals surface area contributed by atoms with E-state index in [-0.39, 0.29) is 6.61 Å². The van der Waals surface area contributed by atoms with E-state index in [0.29, 0.717) is 5.92 Å². The molecule has 0 aromatic carbocycles. The highest BCUT2D eigenvalue weighted by Crippen LogP contribution is 2.26. The Balaban J connectivity index is 2.33. The fourth-order valence-electron chi connectivity index (χ4n) is 0.603. The summed E-state index contributed by atoms with van der Waals surface area (Å²) in [4.78, 5) is 4.10.